The number of nitrogens with zero attached hydrogens (tertiary/aromatic N) is 3. The molecule has 0 saturated carbocycles. The van der Waals surface area contributed by atoms with Gasteiger partial charge < -0.3 is 10.1 Å². The molecule has 0 aliphatic carbocycles. The molecule has 31 heavy (non-hydrogen) atoms. The number of sulfonamides is 1. The highest BCUT2D eigenvalue weighted by Crippen LogP contribution is 2.33. The van der Waals surface area contributed by atoms with Gasteiger partial charge in [0.05, 0.1) is 7.11 Å². The molecular formula is C23H26N4O3S. The molecule has 0 radical (unpaired) electrons. The summed E-state index contributed by atoms with van der Waals surface area (Å²) < 4.78 is 33.5. The molecule has 1 unspecified atom stereocenters. The minimum atomic E-state index is -3.66. The van der Waals surface area contributed by atoms with E-state index < -0.39 is 10.0 Å². The summed E-state index contributed by atoms with van der Waals surface area (Å²) in [7, 11) is -2.17. The van der Waals surface area contributed by atoms with Crippen molar-refractivity contribution in [1.29, 1.82) is 0 Å². The SMILES string of the molecule is COc1ccccc1S(=O)(=O)N1CCCC(c2cc(Nc3ccccn3)cc(C)n2)C1. The standard InChI is InChI=1S/C23H26N4O3S/c1-17-14-19(26-23-11-5-6-12-24-23)15-20(25-17)18-8-7-13-27(16-18)31(28,29)22-10-4-3-9-21(22)30-2/h3-6,9-12,14-15,18H,7-8,13,16H2,1-2H3,(H,24,25,26). The van der Waals surface area contributed by atoms with E-state index in [0.29, 0.717) is 18.8 Å². The van der Waals surface area contributed by atoms with Gasteiger partial charge in [-0.3, -0.25) is 4.98 Å². The van der Waals surface area contributed by atoms with Crippen LogP contribution >= 0.6 is 0 Å². The van der Waals surface area contributed by atoms with Crippen molar-refractivity contribution in [3.8, 4) is 5.75 Å². The second-order valence-electron chi connectivity index (χ2n) is 7.62. The molecule has 2 aromatic heterocycles. The summed E-state index contributed by atoms with van der Waals surface area (Å²) in [5, 5.41) is 3.31. The lowest BCUT2D eigenvalue weighted by Gasteiger charge is -2.32. The lowest BCUT2D eigenvalue weighted by molar-refractivity contribution is 0.310. The van der Waals surface area contributed by atoms with Crippen LogP contribution in [0.5, 0.6) is 5.75 Å². The van der Waals surface area contributed by atoms with Gasteiger partial charge in [0, 0.05) is 42.3 Å². The molecule has 1 atom stereocenters. The van der Waals surface area contributed by atoms with Crippen LogP contribution in [0.1, 0.15) is 30.1 Å². The fourth-order valence-corrected chi connectivity index (χ4v) is 5.61. The number of aryl methyl sites for hydroxylation is 1. The maximum Gasteiger partial charge on any atom is 0.246 e. The first-order valence-electron chi connectivity index (χ1n) is 10.3. The van der Waals surface area contributed by atoms with E-state index in [4.69, 9.17) is 9.72 Å². The van der Waals surface area contributed by atoms with Crippen LogP contribution in [0.3, 0.4) is 0 Å². The first-order valence-corrected chi connectivity index (χ1v) is 11.7. The Labute approximate surface area is 183 Å². The van der Waals surface area contributed by atoms with Gasteiger partial charge in [-0.25, -0.2) is 13.4 Å². The molecule has 1 saturated heterocycles. The van der Waals surface area contributed by atoms with Crippen molar-refractivity contribution in [2.45, 2.75) is 30.6 Å². The predicted molar refractivity (Wildman–Crippen MR) is 120 cm³/mol. The average molecular weight is 439 g/mol. The number of hydrogen-bond acceptors (Lipinski definition) is 6. The highest BCUT2D eigenvalue weighted by atomic mass is 32.2. The fourth-order valence-electron chi connectivity index (χ4n) is 3.93. The van der Waals surface area contributed by atoms with Crippen molar-refractivity contribution in [3.63, 3.8) is 0 Å². The Hall–Kier alpha value is -2.97. The molecule has 1 N–H and O–H groups in total. The third-order valence-electron chi connectivity index (χ3n) is 5.40. The quantitative estimate of drug-likeness (QED) is 0.624. The number of aromatic nitrogens is 2. The summed E-state index contributed by atoms with van der Waals surface area (Å²) in [4.78, 5) is 9.23. The summed E-state index contributed by atoms with van der Waals surface area (Å²) in [6.45, 7) is 2.82. The van der Waals surface area contributed by atoms with Crippen LogP contribution in [0.15, 0.2) is 65.7 Å². The Bertz CT molecular complexity index is 1150. The number of pyridine rings is 2. The highest BCUT2D eigenvalue weighted by Gasteiger charge is 2.33. The molecule has 0 bridgehead atoms. The van der Waals surface area contributed by atoms with Gasteiger partial charge in [-0.05, 0) is 56.2 Å². The third kappa shape index (κ3) is 4.70. The van der Waals surface area contributed by atoms with Crippen LogP contribution in [0.2, 0.25) is 0 Å². The number of hydrogen-bond donors (Lipinski definition) is 1. The smallest absolute Gasteiger partial charge is 0.246 e. The van der Waals surface area contributed by atoms with Gasteiger partial charge in [0.1, 0.15) is 16.5 Å². The van der Waals surface area contributed by atoms with Crippen molar-refractivity contribution in [2.75, 3.05) is 25.5 Å². The molecule has 7 nitrogen and oxygen atoms in total. The van der Waals surface area contributed by atoms with Crippen LogP contribution in [-0.2, 0) is 10.0 Å². The molecular weight excluding hydrogens is 412 g/mol. The Morgan fingerprint density at radius 1 is 1.13 bits per heavy atom. The lowest BCUT2D eigenvalue weighted by Crippen LogP contribution is -2.39. The fraction of sp³-hybridized carbons (Fsp3) is 0.304. The first-order chi connectivity index (χ1) is 15.0. The number of nitrogens with one attached hydrogen (secondary N) is 1. The van der Waals surface area contributed by atoms with E-state index in [-0.39, 0.29) is 10.8 Å². The zero-order chi connectivity index (χ0) is 21.8. The zero-order valence-electron chi connectivity index (χ0n) is 17.7. The zero-order valence-corrected chi connectivity index (χ0v) is 18.5. The Balaban J connectivity index is 1.59. The summed E-state index contributed by atoms with van der Waals surface area (Å²) >= 11 is 0. The molecule has 1 aliphatic heterocycles. The number of ether oxygens (including phenoxy) is 1. The first kappa shape index (κ1) is 21.3. The van der Waals surface area contributed by atoms with E-state index in [9.17, 15) is 8.42 Å². The van der Waals surface area contributed by atoms with E-state index in [1.165, 1.54) is 7.11 Å². The van der Waals surface area contributed by atoms with Crippen LogP contribution in [-0.4, -0.2) is 42.9 Å². The van der Waals surface area contributed by atoms with Crippen molar-refractivity contribution < 1.29 is 13.2 Å². The van der Waals surface area contributed by atoms with Gasteiger partial charge in [-0.2, -0.15) is 4.31 Å². The monoisotopic (exact) mass is 438 g/mol. The molecule has 4 rings (SSSR count). The molecule has 3 aromatic rings. The molecule has 0 spiro atoms. The molecule has 1 aromatic carbocycles. The predicted octanol–water partition coefficient (Wildman–Crippen LogP) is 4.11. The minimum Gasteiger partial charge on any atom is -0.495 e. The summed E-state index contributed by atoms with van der Waals surface area (Å²) in [5.41, 5.74) is 2.66. The number of para-hydroxylation sites is 1. The number of piperidine rings is 1. The van der Waals surface area contributed by atoms with Crippen molar-refractivity contribution in [1.82, 2.24) is 14.3 Å². The Morgan fingerprint density at radius 3 is 2.71 bits per heavy atom. The number of methoxy groups -OCH3 is 1. The van der Waals surface area contributed by atoms with Crippen LogP contribution in [0, 0.1) is 6.92 Å². The van der Waals surface area contributed by atoms with E-state index in [1.807, 2.05) is 37.3 Å². The van der Waals surface area contributed by atoms with Crippen LogP contribution in [0.4, 0.5) is 11.5 Å². The molecule has 1 aliphatic rings. The Morgan fingerprint density at radius 2 is 1.94 bits per heavy atom. The lowest BCUT2D eigenvalue weighted by atomic mass is 9.95. The van der Waals surface area contributed by atoms with E-state index >= 15 is 0 Å². The average Bonchev–Trinajstić information content (AvgIpc) is 2.79. The molecule has 8 heteroatoms. The molecule has 162 valence electrons. The van der Waals surface area contributed by atoms with E-state index in [2.05, 4.69) is 10.3 Å². The van der Waals surface area contributed by atoms with Crippen molar-refractivity contribution in [3.05, 3.63) is 72.2 Å². The normalized spacial score (nSPS) is 17.3. The van der Waals surface area contributed by atoms with Gasteiger partial charge in [-0.15, -0.1) is 0 Å². The number of rotatable bonds is 6. The molecule has 0 amide bonds. The van der Waals surface area contributed by atoms with Gasteiger partial charge in [0.25, 0.3) is 0 Å². The summed E-state index contributed by atoms with van der Waals surface area (Å²) in [6.07, 6.45) is 3.40. The number of benzene rings is 1. The molecule has 3 heterocycles. The van der Waals surface area contributed by atoms with Crippen LogP contribution in [0.25, 0.3) is 0 Å². The van der Waals surface area contributed by atoms with Crippen LogP contribution < -0.4 is 10.1 Å². The maximum absolute atomic E-state index is 13.3. The molecule has 1 fully saturated rings. The van der Waals surface area contributed by atoms with Crippen molar-refractivity contribution in [2.24, 2.45) is 0 Å². The van der Waals surface area contributed by atoms with Gasteiger partial charge in [0.2, 0.25) is 10.0 Å². The van der Waals surface area contributed by atoms with Gasteiger partial charge in [0.15, 0.2) is 0 Å². The highest BCUT2D eigenvalue weighted by molar-refractivity contribution is 7.89. The second-order valence-corrected chi connectivity index (χ2v) is 9.52. The summed E-state index contributed by atoms with van der Waals surface area (Å²) in [5.74, 6) is 1.13. The van der Waals surface area contributed by atoms with Gasteiger partial charge >= 0.3 is 0 Å². The summed E-state index contributed by atoms with van der Waals surface area (Å²) in [6, 6.07) is 16.4. The third-order valence-corrected chi connectivity index (χ3v) is 7.30. The Kier molecular flexibility index (Phi) is 6.20. The van der Waals surface area contributed by atoms with Gasteiger partial charge in [-0.1, -0.05) is 18.2 Å². The largest absolute Gasteiger partial charge is 0.495 e. The van der Waals surface area contributed by atoms with E-state index in [1.54, 1.807) is 34.8 Å². The van der Waals surface area contributed by atoms with Crippen molar-refractivity contribution >= 4 is 21.5 Å². The second kappa shape index (κ2) is 9.03. The number of anilines is 2. The minimum absolute atomic E-state index is 0.0161. The maximum atomic E-state index is 13.3. The van der Waals surface area contributed by atoms with E-state index in [0.717, 1.165) is 35.7 Å². The topological polar surface area (TPSA) is 84.4 Å².